The van der Waals surface area contributed by atoms with Gasteiger partial charge in [-0.15, -0.1) is 0 Å². The molecule has 104 valence electrons. The number of nitrogens with two attached hydrogens (primary N) is 1. The number of hydrogen-bond donors (Lipinski definition) is 3. The number of amides is 1. The summed E-state index contributed by atoms with van der Waals surface area (Å²) in [6.45, 7) is 0.794. The number of aromatic nitrogens is 1. The Hall–Kier alpha value is -2.08. The predicted octanol–water partition coefficient (Wildman–Crippen LogP) is 1.84. The average Bonchev–Trinajstić information content (AvgIpc) is 2.80. The zero-order valence-corrected chi connectivity index (χ0v) is 12.0. The van der Waals surface area contributed by atoms with Gasteiger partial charge in [0.2, 0.25) is 0 Å². The van der Waals surface area contributed by atoms with Crippen molar-refractivity contribution in [3.05, 3.63) is 41.0 Å². The lowest BCUT2D eigenvalue weighted by Crippen LogP contribution is -2.25. The monoisotopic (exact) mass is 288 g/mol. The summed E-state index contributed by atoms with van der Waals surface area (Å²) in [7, 11) is 1.59. The Morgan fingerprint density at radius 3 is 3.05 bits per heavy atom. The standard InChI is InChI=1S/C14H16N4OS/c1-16-13(19)11-12(15)18-20-14(11)17-7-9-6-8-4-2-3-5-10(8)9/h2-5,9,17H,6-7H2,1H3,(H2,15,18)(H,16,19). The molecule has 1 atom stereocenters. The Bertz CT molecular complexity index is 652. The Balaban J connectivity index is 1.70. The quantitative estimate of drug-likeness (QED) is 0.802. The van der Waals surface area contributed by atoms with Crippen LogP contribution < -0.4 is 16.4 Å². The number of nitrogens with zero attached hydrogens (tertiary/aromatic N) is 1. The highest BCUT2D eigenvalue weighted by atomic mass is 32.1. The maximum atomic E-state index is 11.8. The molecule has 1 aromatic heterocycles. The van der Waals surface area contributed by atoms with Gasteiger partial charge < -0.3 is 16.4 Å². The topological polar surface area (TPSA) is 80.0 Å². The molecule has 1 aliphatic carbocycles. The van der Waals surface area contributed by atoms with Crippen molar-refractivity contribution in [1.82, 2.24) is 9.69 Å². The van der Waals surface area contributed by atoms with E-state index in [-0.39, 0.29) is 11.7 Å². The highest BCUT2D eigenvalue weighted by Gasteiger charge is 2.26. The number of anilines is 2. The number of hydrogen-bond acceptors (Lipinski definition) is 5. The van der Waals surface area contributed by atoms with Crippen LogP contribution in [-0.2, 0) is 6.42 Å². The molecule has 5 nitrogen and oxygen atoms in total. The van der Waals surface area contributed by atoms with E-state index in [1.165, 1.54) is 22.7 Å². The smallest absolute Gasteiger partial charge is 0.257 e. The van der Waals surface area contributed by atoms with Crippen LogP contribution in [0.3, 0.4) is 0 Å². The van der Waals surface area contributed by atoms with Crippen LogP contribution in [-0.4, -0.2) is 23.9 Å². The molecule has 0 radical (unpaired) electrons. The van der Waals surface area contributed by atoms with Gasteiger partial charge in [0.15, 0.2) is 5.82 Å². The van der Waals surface area contributed by atoms with E-state index in [0.29, 0.717) is 11.5 Å². The summed E-state index contributed by atoms with van der Waals surface area (Å²) in [6, 6.07) is 8.44. The lowest BCUT2D eigenvalue weighted by molar-refractivity contribution is 0.0965. The normalized spacial score (nSPS) is 16.1. The van der Waals surface area contributed by atoms with E-state index < -0.39 is 0 Å². The van der Waals surface area contributed by atoms with Gasteiger partial charge in [-0.3, -0.25) is 4.79 Å². The Morgan fingerprint density at radius 1 is 1.50 bits per heavy atom. The van der Waals surface area contributed by atoms with Crippen LogP contribution in [0.15, 0.2) is 24.3 Å². The van der Waals surface area contributed by atoms with Crippen molar-refractivity contribution in [2.45, 2.75) is 12.3 Å². The molecule has 1 amide bonds. The second-order valence-corrected chi connectivity index (χ2v) is 5.61. The molecule has 20 heavy (non-hydrogen) atoms. The minimum atomic E-state index is -0.201. The van der Waals surface area contributed by atoms with Crippen LogP contribution in [0.5, 0.6) is 0 Å². The van der Waals surface area contributed by atoms with Gasteiger partial charge in [-0.25, -0.2) is 0 Å². The van der Waals surface area contributed by atoms with E-state index in [1.807, 2.05) is 0 Å². The fourth-order valence-corrected chi connectivity index (χ4v) is 3.25. The first-order valence-corrected chi connectivity index (χ1v) is 7.27. The van der Waals surface area contributed by atoms with Gasteiger partial charge in [-0.1, -0.05) is 24.3 Å². The van der Waals surface area contributed by atoms with Crippen molar-refractivity contribution in [2.75, 3.05) is 24.6 Å². The molecule has 1 aromatic carbocycles. The third-order valence-electron chi connectivity index (χ3n) is 3.64. The fourth-order valence-electron chi connectivity index (χ4n) is 2.53. The van der Waals surface area contributed by atoms with Crippen LogP contribution >= 0.6 is 11.5 Å². The van der Waals surface area contributed by atoms with Gasteiger partial charge in [-0.05, 0) is 29.1 Å². The second kappa shape index (κ2) is 5.13. The van der Waals surface area contributed by atoms with E-state index in [2.05, 4.69) is 39.3 Å². The average molecular weight is 288 g/mol. The van der Waals surface area contributed by atoms with Gasteiger partial charge in [0, 0.05) is 19.5 Å². The molecule has 1 aliphatic rings. The Labute approximate surface area is 121 Å². The maximum Gasteiger partial charge on any atom is 0.257 e. The summed E-state index contributed by atoms with van der Waals surface area (Å²) in [5.74, 6) is 0.575. The SMILES string of the molecule is CNC(=O)c1c(N)nsc1NCC1Cc2ccccc21. The predicted molar refractivity (Wildman–Crippen MR) is 81.3 cm³/mol. The first kappa shape index (κ1) is 12.9. The molecular formula is C14H16N4OS. The van der Waals surface area contributed by atoms with E-state index in [0.717, 1.165) is 18.0 Å². The molecule has 0 spiro atoms. The summed E-state index contributed by atoms with van der Waals surface area (Å²) < 4.78 is 4.05. The summed E-state index contributed by atoms with van der Waals surface area (Å²) in [5.41, 5.74) is 8.99. The van der Waals surface area contributed by atoms with Gasteiger partial charge in [0.25, 0.3) is 5.91 Å². The zero-order valence-electron chi connectivity index (χ0n) is 11.1. The molecule has 0 aliphatic heterocycles. The van der Waals surface area contributed by atoms with E-state index in [4.69, 9.17) is 5.73 Å². The van der Waals surface area contributed by atoms with E-state index in [1.54, 1.807) is 7.05 Å². The fraction of sp³-hybridized carbons (Fsp3) is 0.286. The Kier molecular flexibility index (Phi) is 3.31. The molecule has 0 fully saturated rings. The van der Waals surface area contributed by atoms with Gasteiger partial charge >= 0.3 is 0 Å². The minimum absolute atomic E-state index is 0.201. The lowest BCUT2D eigenvalue weighted by Gasteiger charge is -2.30. The number of benzene rings is 1. The molecule has 3 rings (SSSR count). The number of nitrogen functional groups attached to an aromatic ring is 1. The molecule has 1 unspecified atom stereocenters. The van der Waals surface area contributed by atoms with Crippen molar-refractivity contribution in [2.24, 2.45) is 0 Å². The van der Waals surface area contributed by atoms with Crippen molar-refractivity contribution in [1.29, 1.82) is 0 Å². The molecule has 4 N–H and O–H groups in total. The molecular weight excluding hydrogens is 272 g/mol. The van der Waals surface area contributed by atoms with Crippen molar-refractivity contribution < 1.29 is 4.79 Å². The van der Waals surface area contributed by atoms with Crippen molar-refractivity contribution >= 4 is 28.3 Å². The highest BCUT2D eigenvalue weighted by Crippen LogP contribution is 2.35. The number of fused-ring (bicyclic) bond motifs is 1. The number of rotatable bonds is 4. The van der Waals surface area contributed by atoms with Gasteiger partial charge in [0.1, 0.15) is 10.6 Å². The van der Waals surface area contributed by atoms with E-state index >= 15 is 0 Å². The molecule has 2 aromatic rings. The molecule has 0 bridgehead atoms. The summed E-state index contributed by atoms with van der Waals surface area (Å²) >= 11 is 1.23. The van der Waals surface area contributed by atoms with Gasteiger partial charge in [0.05, 0.1) is 0 Å². The lowest BCUT2D eigenvalue weighted by atomic mass is 9.78. The van der Waals surface area contributed by atoms with Gasteiger partial charge in [-0.2, -0.15) is 4.37 Å². The first-order chi connectivity index (χ1) is 9.70. The zero-order chi connectivity index (χ0) is 14.1. The number of nitrogens with one attached hydrogen (secondary N) is 2. The molecule has 0 saturated heterocycles. The third-order valence-corrected chi connectivity index (χ3v) is 4.46. The molecule has 1 heterocycles. The molecule has 6 heteroatoms. The summed E-state index contributed by atoms with van der Waals surface area (Å²) in [6.07, 6.45) is 1.08. The summed E-state index contributed by atoms with van der Waals surface area (Å²) in [5, 5.41) is 6.64. The van der Waals surface area contributed by atoms with Crippen LogP contribution in [0.2, 0.25) is 0 Å². The first-order valence-electron chi connectivity index (χ1n) is 6.49. The van der Waals surface area contributed by atoms with Crippen molar-refractivity contribution in [3.63, 3.8) is 0 Å². The van der Waals surface area contributed by atoms with Crippen molar-refractivity contribution in [3.8, 4) is 0 Å². The van der Waals surface area contributed by atoms with E-state index in [9.17, 15) is 4.79 Å². The number of carbonyl (C=O) groups excluding carboxylic acids is 1. The number of carbonyl (C=O) groups is 1. The van der Waals surface area contributed by atoms with Crippen LogP contribution in [0.25, 0.3) is 0 Å². The second-order valence-electron chi connectivity index (χ2n) is 4.83. The van der Waals surface area contributed by atoms with Crippen LogP contribution in [0.4, 0.5) is 10.8 Å². The Morgan fingerprint density at radius 2 is 2.30 bits per heavy atom. The largest absolute Gasteiger partial charge is 0.382 e. The highest BCUT2D eigenvalue weighted by molar-refractivity contribution is 7.11. The minimum Gasteiger partial charge on any atom is -0.382 e. The maximum absolute atomic E-state index is 11.8. The van der Waals surface area contributed by atoms with Crippen LogP contribution in [0.1, 0.15) is 27.4 Å². The van der Waals surface area contributed by atoms with Crippen LogP contribution in [0, 0.1) is 0 Å². The summed E-state index contributed by atoms with van der Waals surface area (Å²) in [4.78, 5) is 11.8. The third kappa shape index (κ3) is 2.12. The molecule has 0 saturated carbocycles.